The fraction of sp³-hybridized carbons (Fsp3) is 0.364. The summed E-state index contributed by atoms with van der Waals surface area (Å²) in [6, 6.07) is 4.04. The van der Waals surface area contributed by atoms with E-state index in [9.17, 15) is 0 Å². The lowest BCUT2D eigenvalue weighted by Gasteiger charge is -1.88. The van der Waals surface area contributed by atoms with Crippen LogP contribution < -0.4 is 0 Å². The number of hydrogen-bond donors (Lipinski definition) is 0. The number of pyridine rings is 1. The molecule has 0 N–H and O–H groups in total. The number of nitrogens with zero attached hydrogens (tertiary/aromatic N) is 1. The van der Waals surface area contributed by atoms with Crippen molar-refractivity contribution in [1.29, 1.82) is 0 Å². The first-order chi connectivity index (χ1) is 6.25. The summed E-state index contributed by atoms with van der Waals surface area (Å²) in [4.78, 5) is 4.13. The van der Waals surface area contributed by atoms with Gasteiger partial charge >= 0.3 is 0 Å². The number of hydrogen-bond acceptors (Lipinski definition) is 2. The molecule has 0 atom stereocenters. The van der Waals surface area contributed by atoms with Gasteiger partial charge < -0.3 is 4.42 Å². The van der Waals surface area contributed by atoms with Crippen LogP contribution >= 0.6 is 0 Å². The van der Waals surface area contributed by atoms with Gasteiger partial charge in [0, 0.05) is 11.1 Å². The SMILES string of the molecule is CC.Cc1cc2cc(C)oc2cn1. The Kier molecular flexibility index (Phi) is 3.07. The van der Waals surface area contributed by atoms with Crippen LogP contribution in [0.4, 0.5) is 0 Å². The highest BCUT2D eigenvalue weighted by Gasteiger charge is 1.98. The largest absolute Gasteiger partial charge is 0.460 e. The molecule has 0 aliphatic carbocycles. The van der Waals surface area contributed by atoms with E-state index < -0.39 is 0 Å². The smallest absolute Gasteiger partial charge is 0.152 e. The van der Waals surface area contributed by atoms with E-state index in [0.29, 0.717) is 0 Å². The molecule has 2 aromatic heterocycles. The van der Waals surface area contributed by atoms with Crippen molar-refractivity contribution in [2.24, 2.45) is 0 Å². The Morgan fingerprint density at radius 3 is 2.54 bits per heavy atom. The van der Waals surface area contributed by atoms with Gasteiger partial charge in [0.05, 0.1) is 6.20 Å². The quantitative estimate of drug-likeness (QED) is 0.615. The Hall–Kier alpha value is -1.31. The Labute approximate surface area is 78.6 Å². The third-order valence-corrected chi connectivity index (χ3v) is 1.66. The van der Waals surface area contributed by atoms with Crippen molar-refractivity contribution in [2.75, 3.05) is 0 Å². The highest BCUT2D eigenvalue weighted by atomic mass is 16.3. The van der Waals surface area contributed by atoms with Crippen molar-refractivity contribution in [2.45, 2.75) is 27.7 Å². The lowest BCUT2D eigenvalue weighted by molar-refractivity contribution is 0.577. The fourth-order valence-electron chi connectivity index (χ4n) is 1.19. The molecule has 0 aliphatic rings. The number of furan rings is 1. The van der Waals surface area contributed by atoms with Gasteiger partial charge in [-0.25, -0.2) is 0 Å². The Morgan fingerprint density at radius 1 is 1.15 bits per heavy atom. The van der Waals surface area contributed by atoms with Crippen molar-refractivity contribution in [3.05, 3.63) is 29.8 Å². The number of aryl methyl sites for hydroxylation is 2. The Morgan fingerprint density at radius 2 is 1.85 bits per heavy atom. The van der Waals surface area contributed by atoms with Gasteiger partial charge in [-0.2, -0.15) is 0 Å². The molecule has 0 unspecified atom stereocenters. The monoisotopic (exact) mass is 177 g/mol. The molecule has 2 rings (SSSR count). The molecule has 0 spiro atoms. The fourth-order valence-corrected chi connectivity index (χ4v) is 1.19. The van der Waals surface area contributed by atoms with Gasteiger partial charge in [0.25, 0.3) is 0 Å². The van der Waals surface area contributed by atoms with Crippen LogP contribution in [0.2, 0.25) is 0 Å². The van der Waals surface area contributed by atoms with Crippen LogP contribution in [0.5, 0.6) is 0 Å². The number of fused-ring (bicyclic) bond motifs is 1. The van der Waals surface area contributed by atoms with Gasteiger partial charge in [0.2, 0.25) is 0 Å². The lowest BCUT2D eigenvalue weighted by Crippen LogP contribution is -1.76. The summed E-state index contributed by atoms with van der Waals surface area (Å²) < 4.78 is 5.36. The molecule has 2 aromatic rings. The summed E-state index contributed by atoms with van der Waals surface area (Å²) in [6.45, 7) is 7.91. The van der Waals surface area contributed by atoms with Crippen molar-refractivity contribution in [3.8, 4) is 0 Å². The maximum Gasteiger partial charge on any atom is 0.152 e. The maximum absolute atomic E-state index is 5.36. The first-order valence-corrected chi connectivity index (χ1v) is 4.58. The molecule has 0 saturated carbocycles. The predicted octanol–water partition coefficient (Wildman–Crippen LogP) is 3.47. The zero-order valence-electron chi connectivity index (χ0n) is 8.59. The van der Waals surface area contributed by atoms with Crippen LogP contribution in [0.1, 0.15) is 25.3 Å². The third kappa shape index (κ3) is 2.08. The van der Waals surface area contributed by atoms with E-state index in [1.807, 2.05) is 39.8 Å². The minimum atomic E-state index is 0.869. The van der Waals surface area contributed by atoms with Gasteiger partial charge in [0.1, 0.15) is 5.76 Å². The minimum Gasteiger partial charge on any atom is -0.460 e. The molecular formula is C11H15NO. The van der Waals surface area contributed by atoms with Gasteiger partial charge in [-0.15, -0.1) is 0 Å². The van der Waals surface area contributed by atoms with Crippen LogP contribution in [-0.4, -0.2) is 4.98 Å². The number of aromatic nitrogens is 1. The second kappa shape index (κ2) is 4.08. The molecule has 0 fully saturated rings. The standard InChI is InChI=1S/C9H9NO.C2H6/c1-6-3-8-4-7(2)11-9(8)5-10-6;1-2/h3-5H,1-2H3;1-2H3. The lowest BCUT2D eigenvalue weighted by atomic mass is 10.3. The average molecular weight is 177 g/mol. The van der Waals surface area contributed by atoms with Gasteiger partial charge in [-0.3, -0.25) is 4.98 Å². The first-order valence-electron chi connectivity index (χ1n) is 4.58. The van der Waals surface area contributed by atoms with Crippen LogP contribution in [0.25, 0.3) is 11.0 Å². The average Bonchev–Trinajstić information content (AvgIpc) is 2.48. The summed E-state index contributed by atoms with van der Waals surface area (Å²) in [6.07, 6.45) is 1.76. The van der Waals surface area contributed by atoms with Crippen molar-refractivity contribution >= 4 is 11.0 Å². The highest BCUT2D eigenvalue weighted by molar-refractivity contribution is 5.77. The molecule has 0 aliphatic heterocycles. The summed E-state index contributed by atoms with van der Waals surface area (Å²) in [5, 5.41) is 1.13. The Balaban J connectivity index is 0.000000396. The summed E-state index contributed by atoms with van der Waals surface area (Å²) in [5.74, 6) is 0.937. The van der Waals surface area contributed by atoms with Crippen LogP contribution in [0.15, 0.2) is 22.7 Å². The van der Waals surface area contributed by atoms with Gasteiger partial charge in [-0.05, 0) is 26.0 Å². The molecule has 2 heteroatoms. The Bertz CT molecular complexity index is 390. The molecule has 70 valence electrons. The normalized spacial score (nSPS) is 9.54. The van der Waals surface area contributed by atoms with Crippen LogP contribution in [0.3, 0.4) is 0 Å². The molecule has 0 amide bonds. The van der Waals surface area contributed by atoms with Gasteiger partial charge in [0.15, 0.2) is 5.58 Å². The molecule has 2 heterocycles. The van der Waals surface area contributed by atoms with E-state index in [1.165, 1.54) is 0 Å². The zero-order valence-corrected chi connectivity index (χ0v) is 8.59. The van der Waals surface area contributed by atoms with Gasteiger partial charge in [-0.1, -0.05) is 13.8 Å². The highest BCUT2D eigenvalue weighted by Crippen LogP contribution is 2.17. The molecule has 0 aromatic carbocycles. The van der Waals surface area contributed by atoms with E-state index >= 15 is 0 Å². The minimum absolute atomic E-state index is 0.869. The van der Waals surface area contributed by atoms with Crippen LogP contribution in [0, 0.1) is 13.8 Å². The summed E-state index contributed by atoms with van der Waals surface area (Å²) >= 11 is 0. The molecule has 13 heavy (non-hydrogen) atoms. The topological polar surface area (TPSA) is 26.0 Å². The first kappa shape index (κ1) is 9.78. The van der Waals surface area contributed by atoms with E-state index in [2.05, 4.69) is 4.98 Å². The summed E-state index contributed by atoms with van der Waals surface area (Å²) in [5.41, 5.74) is 1.89. The second-order valence-electron chi connectivity index (χ2n) is 2.72. The maximum atomic E-state index is 5.36. The molecule has 0 saturated heterocycles. The zero-order chi connectivity index (χ0) is 9.84. The van der Waals surface area contributed by atoms with E-state index in [0.717, 1.165) is 22.4 Å². The van der Waals surface area contributed by atoms with Crippen LogP contribution in [-0.2, 0) is 0 Å². The van der Waals surface area contributed by atoms with E-state index in [4.69, 9.17) is 4.42 Å². The second-order valence-corrected chi connectivity index (χ2v) is 2.72. The molecular weight excluding hydrogens is 162 g/mol. The summed E-state index contributed by atoms with van der Waals surface area (Å²) in [7, 11) is 0. The predicted molar refractivity (Wildman–Crippen MR) is 54.8 cm³/mol. The van der Waals surface area contributed by atoms with Crippen molar-refractivity contribution < 1.29 is 4.42 Å². The van der Waals surface area contributed by atoms with E-state index in [1.54, 1.807) is 6.20 Å². The van der Waals surface area contributed by atoms with Crippen molar-refractivity contribution in [3.63, 3.8) is 0 Å². The molecule has 0 bridgehead atoms. The van der Waals surface area contributed by atoms with Crippen molar-refractivity contribution in [1.82, 2.24) is 4.98 Å². The molecule has 0 radical (unpaired) electrons. The molecule has 2 nitrogen and oxygen atoms in total. The number of rotatable bonds is 0. The van der Waals surface area contributed by atoms with E-state index in [-0.39, 0.29) is 0 Å². The third-order valence-electron chi connectivity index (χ3n) is 1.66.